The minimum atomic E-state index is -0.418. The third-order valence-electron chi connectivity index (χ3n) is 0.987. The van der Waals surface area contributed by atoms with Gasteiger partial charge in [-0.05, 0) is 34.7 Å². The van der Waals surface area contributed by atoms with Crippen LogP contribution in [0.1, 0.15) is 0 Å². The molecule has 1 rings (SSSR count). The van der Waals surface area contributed by atoms with Crippen molar-refractivity contribution in [2.24, 2.45) is 0 Å². The zero-order valence-corrected chi connectivity index (χ0v) is 7.03. The molecule has 0 bridgehead atoms. The van der Waals surface area contributed by atoms with E-state index in [9.17, 15) is 10.1 Å². The fraction of sp³-hybridized carbons (Fsp3) is 0. The Morgan fingerprint density at radius 1 is 1.70 bits per heavy atom. The lowest BCUT2D eigenvalue weighted by atomic mass is 10.3. The van der Waals surface area contributed by atoms with Crippen LogP contribution in [0.25, 0.3) is 0 Å². The maximum absolute atomic E-state index is 10.2. The highest BCUT2D eigenvalue weighted by Gasteiger charge is 2.07. The van der Waals surface area contributed by atoms with Crippen LogP contribution in [0.5, 0.6) is 0 Å². The standard InChI is InChI=1S/C6H3INO2/c7-5-3-1-2-4-6(5)8(9)10/h1,3-4H. The summed E-state index contributed by atoms with van der Waals surface area (Å²) in [5.74, 6) is 0. The van der Waals surface area contributed by atoms with Crippen molar-refractivity contribution in [3.05, 3.63) is 37.9 Å². The molecule has 0 atom stereocenters. The number of nitrogens with zero attached hydrogens (tertiary/aromatic N) is 1. The molecule has 10 heavy (non-hydrogen) atoms. The molecule has 1 radical (unpaired) electrons. The number of benzene rings is 1. The summed E-state index contributed by atoms with van der Waals surface area (Å²) in [5, 5.41) is 10.2. The fourth-order valence-corrected chi connectivity index (χ4v) is 1.08. The summed E-state index contributed by atoms with van der Waals surface area (Å²) in [4.78, 5) is 9.78. The lowest BCUT2D eigenvalue weighted by Crippen LogP contribution is -1.89. The summed E-state index contributed by atoms with van der Waals surface area (Å²) in [6.45, 7) is 0. The zero-order valence-electron chi connectivity index (χ0n) is 4.87. The van der Waals surface area contributed by atoms with Gasteiger partial charge in [-0.25, -0.2) is 0 Å². The van der Waals surface area contributed by atoms with Crippen LogP contribution < -0.4 is 0 Å². The molecular formula is C6H3INO2. The molecule has 0 saturated carbocycles. The smallest absolute Gasteiger partial charge is 0.258 e. The Morgan fingerprint density at radius 3 is 2.80 bits per heavy atom. The molecule has 0 spiro atoms. The average Bonchev–Trinajstić information content (AvgIpc) is 1.88. The fourth-order valence-electron chi connectivity index (χ4n) is 0.543. The van der Waals surface area contributed by atoms with Crippen molar-refractivity contribution in [2.75, 3.05) is 0 Å². The first-order valence-electron chi connectivity index (χ1n) is 2.52. The Bertz CT molecular complexity index is 262. The Morgan fingerprint density at radius 2 is 2.40 bits per heavy atom. The SMILES string of the molecule is O=[N+]([O-])c1c[c]ccc1I. The van der Waals surface area contributed by atoms with E-state index in [1.807, 2.05) is 22.6 Å². The highest BCUT2D eigenvalue weighted by Crippen LogP contribution is 2.18. The molecule has 0 heterocycles. The van der Waals surface area contributed by atoms with E-state index in [1.54, 1.807) is 12.1 Å². The molecular weight excluding hydrogens is 245 g/mol. The topological polar surface area (TPSA) is 43.1 Å². The van der Waals surface area contributed by atoms with Crippen molar-refractivity contribution < 1.29 is 4.92 Å². The molecule has 0 saturated heterocycles. The highest BCUT2D eigenvalue weighted by molar-refractivity contribution is 14.1. The van der Waals surface area contributed by atoms with Crippen LogP contribution in [0.2, 0.25) is 0 Å². The van der Waals surface area contributed by atoms with Crippen molar-refractivity contribution in [2.45, 2.75) is 0 Å². The third-order valence-corrected chi connectivity index (χ3v) is 1.90. The van der Waals surface area contributed by atoms with Gasteiger partial charge in [-0.1, -0.05) is 6.07 Å². The summed E-state index contributed by atoms with van der Waals surface area (Å²) >= 11 is 1.91. The second-order valence-electron chi connectivity index (χ2n) is 1.63. The van der Waals surface area contributed by atoms with Crippen LogP contribution in [0.4, 0.5) is 5.69 Å². The minimum absolute atomic E-state index is 0.114. The van der Waals surface area contributed by atoms with E-state index in [2.05, 4.69) is 6.07 Å². The van der Waals surface area contributed by atoms with Crippen LogP contribution in [0.3, 0.4) is 0 Å². The molecule has 0 unspecified atom stereocenters. The maximum Gasteiger partial charge on any atom is 0.283 e. The quantitative estimate of drug-likeness (QED) is 0.433. The predicted molar refractivity (Wildman–Crippen MR) is 44.6 cm³/mol. The average molecular weight is 248 g/mol. The van der Waals surface area contributed by atoms with Gasteiger partial charge in [-0.3, -0.25) is 10.1 Å². The van der Waals surface area contributed by atoms with E-state index in [-0.39, 0.29) is 5.69 Å². The van der Waals surface area contributed by atoms with E-state index < -0.39 is 4.92 Å². The molecule has 0 aliphatic carbocycles. The van der Waals surface area contributed by atoms with Gasteiger partial charge in [-0.15, -0.1) is 0 Å². The molecule has 4 heteroatoms. The summed E-state index contributed by atoms with van der Waals surface area (Å²) < 4.78 is 0.640. The Balaban J connectivity index is 3.15. The van der Waals surface area contributed by atoms with Crippen molar-refractivity contribution >= 4 is 28.3 Å². The molecule has 0 aliphatic heterocycles. The molecule has 0 aromatic heterocycles. The largest absolute Gasteiger partial charge is 0.283 e. The monoisotopic (exact) mass is 248 g/mol. The van der Waals surface area contributed by atoms with Crippen LogP contribution in [-0.4, -0.2) is 4.92 Å². The van der Waals surface area contributed by atoms with Crippen molar-refractivity contribution in [1.82, 2.24) is 0 Å². The first-order valence-corrected chi connectivity index (χ1v) is 3.59. The van der Waals surface area contributed by atoms with E-state index >= 15 is 0 Å². The minimum Gasteiger partial charge on any atom is -0.258 e. The molecule has 0 fully saturated rings. The number of hydrogen-bond donors (Lipinski definition) is 0. The van der Waals surface area contributed by atoms with E-state index in [0.29, 0.717) is 3.57 Å². The number of rotatable bonds is 1. The second-order valence-corrected chi connectivity index (χ2v) is 2.80. The van der Waals surface area contributed by atoms with Gasteiger partial charge >= 0.3 is 0 Å². The first-order chi connectivity index (χ1) is 4.72. The van der Waals surface area contributed by atoms with Crippen LogP contribution in [-0.2, 0) is 0 Å². The van der Waals surface area contributed by atoms with Gasteiger partial charge in [0.2, 0.25) is 0 Å². The Hall–Kier alpha value is -0.650. The molecule has 0 N–H and O–H groups in total. The van der Waals surface area contributed by atoms with Crippen LogP contribution >= 0.6 is 22.6 Å². The van der Waals surface area contributed by atoms with E-state index in [0.717, 1.165) is 0 Å². The van der Waals surface area contributed by atoms with E-state index in [4.69, 9.17) is 0 Å². The third kappa shape index (κ3) is 1.44. The normalized spacial score (nSPS) is 9.30. The number of halogens is 1. The van der Waals surface area contributed by atoms with Gasteiger partial charge in [0, 0.05) is 6.07 Å². The van der Waals surface area contributed by atoms with Gasteiger partial charge < -0.3 is 0 Å². The summed E-state index contributed by atoms with van der Waals surface area (Å²) in [5.41, 5.74) is 0.114. The molecule has 0 amide bonds. The summed E-state index contributed by atoms with van der Waals surface area (Å²) in [7, 11) is 0. The van der Waals surface area contributed by atoms with Gasteiger partial charge in [0.05, 0.1) is 8.49 Å². The molecule has 1 aromatic rings. The maximum atomic E-state index is 10.2. The molecule has 3 nitrogen and oxygen atoms in total. The Labute approximate surface area is 71.3 Å². The lowest BCUT2D eigenvalue weighted by molar-refractivity contribution is -0.385. The zero-order chi connectivity index (χ0) is 7.56. The van der Waals surface area contributed by atoms with Crippen LogP contribution in [0.15, 0.2) is 18.2 Å². The molecule has 51 valence electrons. The van der Waals surface area contributed by atoms with Gasteiger partial charge in [-0.2, -0.15) is 0 Å². The van der Waals surface area contributed by atoms with Crippen molar-refractivity contribution in [3.8, 4) is 0 Å². The van der Waals surface area contributed by atoms with Gasteiger partial charge in [0.25, 0.3) is 5.69 Å². The second kappa shape index (κ2) is 2.96. The highest BCUT2D eigenvalue weighted by atomic mass is 127. The first kappa shape index (κ1) is 7.46. The summed E-state index contributed by atoms with van der Waals surface area (Å²) in [6.07, 6.45) is 0. The van der Waals surface area contributed by atoms with Gasteiger partial charge in [0.15, 0.2) is 0 Å². The number of hydrogen-bond acceptors (Lipinski definition) is 2. The Kier molecular flexibility index (Phi) is 2.21. The molecule has 1 aromatic carbocycles. The lowest BCUT2D eigenvalue weighted by Gasteiger charge is -1.90. The van der Waals surface area contributed by atoms with Crippen molar-refractivity contribution in [1.29, 1.82) is 0 Å². The molecule has 0 aliphatic rings. The summed E-state index contributed by atoms with van der Waals surface area (Å²) in [6, 6.07) is 7.30. The number of nitro groups is 1. The van der Waals surface area contributed by atoms with Gasteiger partial charge in [0.1, 0.15) is 0 Å². The number of nitro benzene ring substituents is 1. The van der Waals surface area contributed by atoms with Crippen molar-refractivity contribution in [3.63, 3.8) is 0 Å². The van der Waals surface area contributed by atoms with Crippen LogP contribution in [0, 0.1) is 19.8 Å². The predicted octanol–water partition coefficient (Wildman–Crippen LogP) is 2.00. The van der Waals surface area contributed by atoms with E-state index in [1.165, 1.54) is 6.07 Å².